The number of nitrogens with zero attached hydrogens (tertiary/aromatic N) is 1. The molecule has 0 aliphatic carbocycles. The lowest BCUT2D eigenvalue weighted by Gasteiger charge is -2.07. The van der Waals surface area contributed by atoms with Crippen LogP contribution < -0.4 is 10.1 Å². The van der Waals surface area contributed by atoms with E-state index in [1.54, 1.807) is 12.1 Å². The van der Waals surface area contributed by atoms with Gasteiger partial charge in [0.15, 0.2) is 0 Å². The second kappa shape index (κ2) is 7.93. The minimum Gasteiger partial charge on any atom is -0.494 e. The summed E-state index contributed by atoms with van der Waals surface area (Å²) in [6, 6.07) is 10.5. The number of esters is 1. The molecular weight excluding hydrogens is 296 g/mol. The van der Waals surface area contributed by atoms with Gasteiger partial charge in [0.05, 0.1) is 25.7 Å². The fourth-order valence-electron chi connectivity index (χ4n) is 1.95. The molecule has 0 aliphatic heterocycles. The van der Waals surface area contributed by atoms with Crippen molar-refractivity contribution in [1.82, 2.24) is 4.98 Å². The van der Waals surface area contributed by atoms with Gasteiger partial charge in [-0.25, -0.2) is 9.78 Å². The number of carbonyl (C=O) groups excluding carboxylic acids is 2. The standard InChI is InChI=1S/C17H18N2O4/c1-3-23-14-7-4-12(5-8-14)10-16(20)19-15-9-6-13(11-18-15)17(21)22-2/h4-9,11H,3,10H2,1-2H3,(H,18,19,20). The second-order valence-electron chi connectivity index (χ2n) is 4.73. The van der Waals surface area contributed by atoms with Gasteiger partial charge < -0.3 is 14.8 Å². The maximum Gasteiger partial charge on any atom is 0.339 e. The van der Waals surface area contributed by atoms with Gasteiger partial charge in [0.25, 0.3) is 0 Å². The molecule has 0 saturated carbocycles. The highest BCUT2D eigenvalue weighted by atomic mass is 16.5. The summed E-state index contributed by atoms with van der Waals surface area (Å²) in [6.07, 6.45) is 1.59. The highest BCUT2D eigenvalue weighted by molar-refractivity contribution is 5.92. The van der Waals surface area contributed by atoms with E-state index in [0.29, 0.717) is 18.0 Å². The Hall–Kier alpha value is -2.89. The number of methoxy groups -OCH3 is 1. The Bertz CT molecular complexity index is 666. The van der Waals surface area contributed by atoms with E-state index in [1.807, 2.05) is 31.2 Å². The third kappa shape index (κ3) is 4.81. The lowest BCUT2D eigenvalue weighted by Crippen LogP contribution is -2.15. The average Bonchev–Trinajstić information content (AvgIpc) is 2.57. The molecular formula is C17H18N2O4. The highest BCUT2D eigenvalue weighted by Crippen LogP contribution is 2.13. The monoisotopic (exact) mass is 314 g/mol. The van der Waals surface area contributed by atoms with Crippen molar-refractivity contribution in [3.8, 4) is 5.75 Å². The van der Waals surface area contributed by atoms with Gasteiger partial charge >= 0.3 is 5.97 Å². The third-order valence-corrected chi connectivity index (χ3v) is 3.05. The van der Waals surface area contributed by atoms with Crippen LogP contribution in [0.4, 0.5) is 5.82 Å². The number of rotatable bonds is 6. The number of benzene rings is 1. The van der Waals surface area contributed by atoms with Crippen molar-refractivity contribution in [2.45, 2.75) is 13.3 Å². The molecule has 1 N–H and O–H groups in total. The number of anilines is 1. The van der Waals surface area contributed by atoms with Gasteiger partial charge in [-0.3, -0.25) is 4.79 Å². The van der Waals surface area contributed by atoms with E-state index in [1.165, 1.54) is 13.3 Å². The first-order valence-electron chi connectivity index (χ1n) is 7.18. The molecule has 1 heterocycles. The van der Waals surface area contributed by atoms with Crippen LogP contribution in [0.5, 0.6) is 5.75 Å². The molecule has 120 valence electrons. The van der Waals surface area contributed by atoms with Gasteiger partial charge in [0.2, 0.25) is 5.91 Å². The summed E-state index contributed by atoms with van der Waals surface area (Å²) in [6.45, 7) is 2.52. The van der Waals surface area contributed by atoms with E-state index in [-0.39, 0.29) is 12.3 Å². The molecule has 6 heteroatoms. The lowest BCUT2D eigenvalue weighted by atomic mass is 10.1. The summed E-state index contributed by atoms with van der Waals surface area (Å²) in [5.74, 6) is 0.502. The zero-order valence-electron chi connectivity index (χ0n) is 13.0. The smallest absolute Gasteiger partial charge is 0.339 e. The van der Waals surface area contributed by atoms with Crippen LogP contribution in [-0.4, -0.2) is 30.6 Å². The first-order valence-corrected chi connectivity index (χ1v) is 7.18. The summed E-state index contributed by atoms with van der Waals surface area (Å²) >= 11 is 0. The van der Waals surface area contributed by atoms with Gasteiger partial charge in [-0.2, -0.15) is 0 Å². The van der Waals surface area contributed by atoms with Crippen LogP contribution in [0.2, 0.25) is 0 Å². The lowest BCUT2D eigenvalue weighted by molar-refractivity contribution is -0.115. The van der Waals surface area contributed by atoms with Gasteiger partial charge in [0, 0.05) is 6.20 Å². The second-order valence-corrected chi connectivity index (χ2v) is 4.73. The van der Waals surface area contributed by atoms with Gasteiger partial charge in [0.1, 0.15) is 11.6 Å². The molecule has 1 aromatic carbocycles. The Morgan fingerprint density at radius 2 is 1.87 bits per heavy atom. The molecule has 0 spiro atoms. The molecule has 0 radical (unpaired) electrons. The van der Waals surface area contributed by atoms with Gasteiger partial charge in [-0.1, -0.05) is 12.1 Å². The van der Waals surface area contributed by atoms with E-state index < -0.39 is 5.97 Å². The minimum atomic E-state index is -0.468. The summed E-state index contributed by atoms with van der Waals surface area (Å²) in [7, 11) is 1.30. The SMILES string of the molecule is CCOc1ccc(CC(=O)Nc2ccc(C(=O)OC)cn2)cc1. The molecule has 0 fully saturated rings. The van der Waals surface area contributed by atoms with Crippen molar-refractivity contribution >= 4 is 17.7 Å². The van der Waals surface area contributed by atoms with Crippen molar-refractivity contribution in [1.29, 1.82) is 0 Å². The molecule has 2 rings (SSSR count). The van der Waals surface area contributed by atoms with E-state index in [9.17, 15) is 9.59 Å². The molecule has 0 aliphatic rings. The highest BCUT2D eigenvalue weighted by Gasteiger charge is 2.08. The van der Waals surface area contributed by atoms with E-state index in [0.717, 1.165) is 11.3 Å². The van der Waals surface area contributed by atoms with Crippen LogP contribution in [-0.2, 0) is 16.0 Å². The zero-order valence-corrected chi connectivity index (χ0v) is 13.0. The molecule has 6 nitrogen and oxygen atoms in total. The van der Waals surface area contributed by atoms with E-state index >= 15 is 0 Å². The summed E-state index contributed by atoms with van der Waals surface area (Å²) in [5.41, 5.74) is 1.20. The number of pyridine rings is 1. The first kappa shape index (κ1) is 16.5. The number of aromatic nitrogens is 1. The minimum absolute atomic E-state index is 0.188. The topological polar surface area (TPSA) is 77.5 Å². The predicted molar refractivity (Wildman–Crippen MR) is 85.5 cm³/mol. The summed E-state index contributed by atoms with van der Waals surface area (Å²) < 4.78 is 9.94. The molecule has 2 aromatic rings. The van der Waals surface area contributed by atoms with Gasteiger partial charge in [-0.05, 0) is 36.8 Å². The maximum absolute atomic E-state index is 12.0. The summed E-state index contributed by atoms with van der Waals surface area (Å²) in [4.78, 5) is 27.3. The molecule has 0 bridgehead atoms. The Morgan fingerprint density at radius 1 is 1.13 bits per heavy atom. The fraction of sp³-hybridized carbons (Fsp3) is 0.235. The van der Waals surface area contributed by atoms with Crippen LogP contribution in [0, 0.1) is 0 Å². The van der Waals surface area contributed by atoms with Crippen LogP contribution in [0.3, 0.4) is 0 Å². The Labute approximate surface area is 134 Å². The number of hydrogen-bond acceptors (Lipinski definition) is 5. The maximum atomic E-state index is 12.0. The Kier molecular flexibility index (Phi) is 5.68. The van der Waals surface area contributed by atoms with Crippen LogP contribution in [0.1, 0.15) is 22.8 Å². The predicted octanol–water partition coefficient (Wildman–Crippen LogP) is 2.45. The fourth-order valence-corrected chi connectivity index (χ4v) is 1.95. The third-order valence-electron chi connectivity index (χ3n) is 3.05. The van der Waals surface area contributed by atoms with E-state index in [2.05, 4.69) is 15.0 Å². The first-order chi connectivity index (χ1) is 11.1. The van der Waals surface area contributed by atoms with Crippen molar-refractivity contribution in [3.05, 3.63) is 53.7 Å². The Morgan fingerprint density at radius 3 is 2.43 bits per heavy atom. The van der Waals surface area contributed by atoms with Crippen LogP contribution in [0.25, 0.3) is 0 Å². The van der Waals surface area contributed by atoms with Gasteiger partial charge in [-0.15, -0.1) is 0 Å². The summed E-state index contributed by atoms with van der Waals surface area (Å²) in [5, 5.41) is 2.68. The quantitative estimate of drug-likeness (QED) is 0.829. The number of carbonyl (C=O) groups is 2. The zero-order chi connectivity index (χ0) is 16.7. The van der Waals surface area contributed by atoms with Crippen molar-refractivity contribution in [3.63, 3.8) is 0 Å². The molecule has 23 heavy (non-hydrogen) atoms. The van der Waals surface area contributed by atoms with Crippen molar-refractivity contribution < 1.29 is 19.1 Å². The van der Waals surface area contributed by atoms with Crippen LogP contribution in [0.15, 0.2) is 42.6 Å². The molecule has 1 amide bonds. The van der Waals surface area contributed by atoms with Crippen LogP contribution >= 0.6 is 0 Å². The largest absolute Gasteiger partial charge is 0.494 e. The number of amides is 1. The van der Waals surface area contributed by atoms with Crippen molar-refractivity contribution in [2.75, 3.05) is 19.0 Å². The Balaban J connectivity index is 1.92. The van der Waals surface area contributed by atoms with Crippen molar-refractivity contribution in [2.24, 2.45) is 0 Å². The number of ether oxygens (including phenoxy) is 2. The van der Waals surface area contributed by atoms with E-state index in [4.69, 9.17) is 4.74 Å². The normalized spacial score (nSPS) is 10.0. The number of hydrogen-bond donors (Lipinski definition) is 1. The average molecular weight is 314 g/mol. The molecule has 1 aromatic heterocycles. The molecule has 0 unspecified atom stereocenters. The molecule has 0 saturated heterocycles. The molecule has 0 atom stereocenters. The number of nitrogens with one attached hydrogen (secondary N) is 1.